The number of unbranched alkanes of at least 4 members (excludes halogenated alkanes) is 2. The normalized spacial score (nSPS) is 10.4. The van der Waals surface area contributed by atoms with Crippen LogP contribution in [0.15, 0.2) is 48.5 Å². The van der Waals surface area contributed by atoms with E-state index in [0.717, 1.165) is 31.0 Å². The fraction of sp³-hybridized carbons (Fsp3) is 0.368. The third kappa shape index (κ3) is 5.14. The third-order valence-corrected chi connectivity index (χ3v) is 3.51. The Hall–Kier alpha value is -1.96. The van der Waals surface area contributed by atoms with E-state index in [4.69, 9.17) is 4.74 Å². The van der Waals surface area contributed by atoms with Crippen LogP contribution in [-0.4, -0.2) is 6.61 Å². The summed E-state index contributed by atoms with van der Waals surface area (Å²) in [4.78, 5) is 0. The average molecular weight is 283 g/mol. The topological polar surface area (TPSA) is 21.3 Å². The van der Waals surface area contributed by atoms with E-state index in [1.807, 2.05) is 6.07 Å². The number of para-hydroxylation sites is 1. The molecule has 2 aromatic rings. The Morgan fingerprint density at radius 2 is 1.71 bits per heavy atom. The number of anilines is 1. The van der Waals surface area contributed by atoms with Crippen LogP contribution in [0, 0.1) is 6.92 Å². The van der Waals surface area contributed by atoms with E-state index >= 15 is 0 Å². The van der Waals surface area contributed by atoms with E-state index in [1.54, 1.807) is 0 Å². The molecule has 0 spiro atoms. The standard InChI is InChI=1S/C19H25NO/c1-3-4-7-14-21-19-9-6-5-8-17(19)15-20-18-12-10-16(2)11-13-18/h5-6,8-13,20H,3-4,7,14-15H2,1-2H3. The predicted octanol–water partition coefficient (Wildman–Crippen LogP) is 5.18. The van der Waals surface area contributed by atoms with Crippen molar-refractivity contribution in [1.82, 2.24) is 0 Å². The Morgan fingerprint density at radius 1 is 0.952 bits per heavy atom. The number of hydrogen-bond donors (Lipinski definition) is 1. The number of hydrogen-bond acceptors (Lipinski definition) is 2. The molecule has 112 valence electrons. The van der Waals surface area contributed by atoms with Gasteiger partial charge in [-0.05, 0) is 31.5 Å². The Labute approximate surface area is 128 Å². The molecule has 1 N–H and O–H groups in total. The van der Waals surface area contributed by atoms with Gasteiger partial charge < -0.3 is 10.1 Å². The van der Waals surface area contributed by atoms with E-state index in [-0.39, 0.29) is 0 Å². The lowest BCUT2D eigenvalue weighted by Crippen LogP contribution is -2.04. The lowest BCUT2D eigenvalue weighted by molar-refractivity contribution is 0.303. The van der Waals surface area contributed by atoms with Crippen molar-refractivity contribution in [3.63, 3.8) is 0 Å². The molecular formula is C19H25NO. The van der Waals surface area contributed by atoms with Gasteiger partial charge in [0.25, 0.3) is 0 Å². The van der Waals surface area contributed by atoms with Gasteiger partial charge in [0.05, 0.1) is 6.61 Å². The van der Waals surface area contributed by atoms with Crippen LogP contribution >= 0.6 is 0 Å². The lowest BCUT2D eigenvalue weighted by Gasteiger charge is -2.13. The van der Waals surface area contributed by atoms with Crippen molar-refractivity contribution in [2.75, 3.05) is 11.9 Å². The van der Waals surface area contributed by atoms with Crippen LogP contribution in [0.1, 0.15) is 37.3 Å². The first-order valence-electron chi connectivity index (χ1n) is 7.81. The minimum absolute atomic E-state index is 0.785. The minimum atomic E-state index is 0.785. The molecule has 0 heterocycles. The number of aryl methyl sites for hydroxylation is 1. The largest absolute Gasteiger partial charge is 0.493 e. The lowest BCUT2D eigenvalue weighted by atomic mass is 10.2. The minimum Gasteiger partial charge on any atom is -0.493 e. The summed E-state index contributed by atoms with van der Waals surface area (Å²) >= 11 is 0. The Balaban J connectivity index is 1.91. The van der Waals surface area contributed by atoms with E-state index in [2.05, 4.69) is 61.6 Å². The molecule has 0 saturated heterocycles. The highest BCUT2D eigenvalue weighted by molar-refractivity contribution is 5.46. The summed E-state index contributed by atoms with van der Waals surface area (Å²) in [6.07, 6.45) is 3.57. The summed E-state index contributed by atoms with van der Waals surface area (Å²) in [6.45, 7) is 5.89. The van der Waals surface area contributed by atoms with Crippen LogP contribution in [0.3, 0.4) is 0 Å². The maximum Gasteiger partial charge on any atom is 0.124 e. The first kappa shape index (κ1) is 15.4. The smallest absolute Gasteiger partial charge is 0.124 e. The van der Waals surface area contributed by atoms with Crippen molar-refractivity contribution in [2.45, 2.75) is 39.7 Å². The molecule has 0 bridgehead atoms. The molecule has 2 rings (SSSR count). The van der Waals surface area contributed by atoms with Gasteiger partial charge in [0.2, 0.25) is 0 Å². The summed E-state index contributed by atoms with van der Waals surface area (Å²) in [7, 11) is 0. The summed E-state index contributed by atoms with van der Waals surface area (Å²) in [5.41, 5.74) is 3.62. The molecule has 0 radical (unpaired) electrons. The SMILES string of the molecule is CCCCCOc1ccccc1CNc1ccc(C)cc1. The van der Waals surface area contributed by atoms with Crippen molar-refractivity contribution in [1.29, 1.82) is 0 Å². The Bertz CT molecular complexity index is 534. The number of benzene rings is 2. The van der Waals surface area contributed by atoms with E-state index in [0.29, 0.717) is 0 Å². The number of nitrogens with one attached hydrogen (secondary N) is 1. The number of rotatable bonds is 8. The molecule has 2 heteroatoms. The van der Waals surface area contributed by atoms with Crippen molar-refractivity contribution in [3.05, 3.63) is 59.7 Å². The maximum atomic E-state index is 5.91. The fourth-order valence-corrected chi connectivity index (χ4v) is 2.19. The van der Waals surface area contributed by atoms with Gasteiger partial charge in [-0.1, -0.05) is 55.7 Å². The van der Waals surface area contributed by atoms with E-state index in [9.17, 15) is 0 Å². The van der Waals surface area contributed by atoms with Crippen molar-refractivity contribution in [2.24, 2.45) is 0 Å². The van der Waals surface area contributed by atoms with Crippen LogP contribution in [0.25, 0.3) is 0 Å². The monoisotopic (exact) mass is 283 g/mol. The van der Waals surface area contributed by atoms with Gasteiger partial charge >= 0.3 is 0 Å². The van der Waals surface area contributed by atoms with Crippen LogP contribution in [-0.2, 0) is 6.54 Å². The molecule has 0 fully saturated rings. The van der Waals surface area contributed by atoms with Crippen LogP contribution in [0.2, 0.25) is 0 Å². The van der Waals surface area contributed by atoms with Gasteiger partial charge in [0.15, 0.2) is 0 Å². The summed E-state index contributed by atoms with van der Waals surface area (Å²) in [5.74, 6) is 0.994. The van der Waals surface area contributed by atoms with Gasteiger partial charge in [0, 0.05) is 17.8 Å². The van der Waals surface area contributed by atoms with Gasteiger partial charge in [-0.2, -0.15) is 0 Å². The quantitative estimate of drug-likeness (QED) is 0.674. The molecular weight excluding hydrogens is 258 g/mol. The van der Waals surface area contributed by atoms with Crippen molar-refractivity contribution >= 4 is 5.69 Å². The molecule has 0 aliphatic rings. The second-order valence-corrected chi connectivity index (χ2v) is 5.38. The highest BCUT2D eigenvalue weighted by Crippen LogP contribution is 2.20. The molecule has 21 heavy (non-hydrogen) atoms. The summed E-state index contributed by atoms with van der Waals surface area (Å²) in [6, 6.07) is 16.7. The second kappa shape index (κ2) is 8.35. The van der Waals surface area contributed by atoms with Crippen LogP contribution in [0.5, 0.6) is 5.75 Å². The van der Waals surface area contributed by atoms with Crippen LogP contribution in [0.4, 0.5) is 5.69 Å². The molecule has 0 aliphatic heterocycles. The van der Waals surface area contributed by atoms with Crippen LogP contribution < -0.4 is 10.1 Å². The average Bonchev–Trinajstić information content (AvgIpc) is 2.52. The van der Waals surface area contributed by atoms with Crippen molar-refractivity contribution < 1.29 is 4.74 Å². The Morgan fingerprint density at radius 3 is 2.48 bits per heavy atom. The highest BCUT2D eigenvalue weighted by atomic mass is 16.5. The fourth-order valence-electron chi connectivity index (χ4n) is 2.19. The first-order chi connectivity index (χ1) is 10.3. The zero-order valence-corrected chi connectivity index (χ0v) is 13.1. The zero-order valence-electron chi connectivity index (χ0n) is 13.1. The van der Waals surface area contributed by atoms with Gasteiger partial charge in [-0.15, -0.1) is 0 Å². The molecule has 0 saturated carbocycles. The van der Waals surface area contributed by atoms with Gasteiger partial charge in [-0.3, -0.25) is 0 Å². The van der Waals surface area contributed by atoms with E-state index in [1.165, 1.54) is 24.0 Å². The second-order valence-electron chi connectivity index (χ2n) is 5.38. The molecule has 0 unspecified atom stereocenters. The highest BCUT2D eigenvalue weighted by Gasteiger charge is 2.02. The zero-order chi connectivity index (χ0) is 14.9. The Kier molecular flexibility index (Phi) is 6.14. The molecule has 2 aromatic carbocycles. The van der Waals surface area contributed by atoms with E-state index < -0.39 is 0 Å². The number of ether oxygens (including phenoxy) is 1. The molecule has 0 aromatic heterocycles. The molecule has 2 nitrogen and oxygen atoms in total. The maximum absolute atomic E-state index is 5.91. The molecule has 0 amide bonds. The summed E-state index contributed by atoms with van der Waals surface area (Å²) in [5, 5.41) is 3.45. The summed E-state index contributed by atoms with van der Waals surface area (Å²) < 4.78 is 5.91. The molecule has 0 aliphatic carbocycles. The molecule has 0 atom stereocenters. The predicted molar refractivity (Wildman–Crippen MR) is 90.0 cm³/mol. The van der Waals surface area contributed by atoms with Crippen molar-refractivity contribution in [3.8, 4) is 5.75 Å². The van der Waals surface area contributed by atoms with Gasteiger partial charge in [0.1, 0.15) is 5.75 Å². The first-order valence-corrected chi connectivity index (χ1v) is 7.81. The third-order valence-electron chi connectivity index (χ3n) is 3.51. The van der Waals surface area contributed by atoms with Gasteiger partial charge in [-0.25, -0.2) is 0 Å².